The minimum Gasteiger partial charge on any atom is -0.366 e. The molecule has 142 valence electrons. The molecule has 3 N–H and O–H groups in total. The smallest absolute Gasteiger partial charge is 0.251 e. The van der Waals surface area contributed by atoms with Crippen LogP contribution >= 0.6 is 0 Å². The molecule has 1 heterocycles. The van der Waals surface area contributed by atoms with E-state index in [0.29, 0.717) is 12.1 Å². The second-order valence-corrected chi connectivity index (χ2v) is 5.99. The fourth-order valence-electron chi connectivity index (χ4n) is 2.33. The summed E-state index contributed by atoms with van der Waals surface area (Å²) in [6, 6.07) is 20.9. The molecule has 0 atom stereocenters. The van der Waals surface area contributed by atoms with E-state index in [4.69, 9.17) is 5.73 Å². The third-order valence-corrected chi connectivity index (χ3v) is 3.88. The van der Waals surface area contributed by atoms with Crippen molar-refractivity contribution in [3.8, 4) is 0 Å². The molecule has 5 nitrogen and oxygen atoms in total. The molecule has 0 aliphatic carbocycles. The zero-order valence-corrected chi connectivity index (χ0v) is 15.7. The van der Waals surface area contributed by atoms with Gasteiger partial charge >= 0.3 is 0 Å². The van der Waals surface area contributed by atoms with E-state index in [2.05, 4.69) is 10.3 Å². The first kappa shape index (κ1) is 20.6. The minimum absolute atomic E-state index is 0.0335. The minimum atomic E-state index is -0.443. The van der Waals surface area contributed by atoms with Crippen LogP contribution in [0.3, 0.4) is 0 Å². The zero-order valence-electron chi connectivity index (χ0n) is 15.7. The number of amides is 2. The van der Waals surface area contributed by atoms with Gasteiger partial charge in [0, 0.05) is 30.6 Å². The summed E-state index contributed by atoms with van der Waals surface area (Å²) in [5.41, 5.74) is 8.85. The Balaban J connectivity index is 0.000000221. The second kappa shape index (κ2) is 11.1. The van der Waals surface area contributed by atoms with Crippen LogP contribution < -0.4 is 11.1 Å². The first-order chi connectivity index (χ1) is 13.6. The Morgan fingerprint density at radius 1 is 0.964 bits per heavy atom. The van der Waals surface area contributed by atoms with Crippen molar-refractivity contribution in [1.29, 1.82) is 0 Å². The van der Waals surface area contributed by atoms with Crippen LogP contribution in [0.15, 0.2) is 85.2 Å². The number of aryl methyl sites for hydroxylation is 1. The number of nitrogens with two attached hydrogens (primary N) is 1. The third-order valence-electron chi connectivity index (χ3n) is 3.88. The second-order valence-electron chi connectivity index (χ2n) is 5.99. The van der Waals surface area contributed by atoms with Gasteiger partial charge in [-0.1, -0.05) is 42.5 Å². The number of rotatable bonds is 5. The van der Waals surface area contributed by atoms with Gasteiger partial charge in [0.25, 0.3) is 5.91 Å². The van der Waals surface area contributed by atoms with Crippen LogP contribution in [0.1, 0.15) is 27.0 Å². The quantitative estimate of drug-likeness (QED) is 0.671. The summed E-state index contributed by atoms with van der Waals surface area (Å²) < 4.78 is 0. The monoisotopic (exact) mass is 373 g/mol. The van der Waals surface area contributed by atoms with Crippen molar-refractivity contribution in [3.63, 3.8) is 0 Å². The van der Waals surface area contributed by atoms with Crippen molar-refractivity contribution in [2.75, 3.05) is 0 Å². The van der Waals surface area contributed by atoms with E-state index in [-0.39, 0.29) is 5.91 Å². The number of nitrogens with one attached hydrogen (secondary N) is 1. The number of hydrogen-bond donors (Lipinski definition) is 2. The van der Waals surface area contributed by atoms with E-state index in [1.165, 1.54) is 11.6 Å². The number of primary amides is 1. The third kappa shape index (κ3) is 7.25. The van der Waals surface area contributed by atoms with Gasteiger partial charge in [-0.25, -0.2) is 0 Å². The van der Waals surface area contributed by atoms with Crippen LogP contribution in [0.5, 0.6) is 0 Å². The zero-order chi connectivity index (χ0) is 20.2. The van der Waals surface area contributed by atoms with E-state index >= 15 is 0 Å². The standard InChI is InChI=1S/C15H15NO.C8H8N2O/c1-12-7-5-6-10-14(12)11-16-15(17)13-8-3-2-4-9-13;9-8(11)2-1-7-3-5-10-6-4-7/h2-10H,11H2,1H3,(H,16,17);1-6H,(H2,9,11)/b;2-1+. The predicted octanol–water partition coefficient (Wildman–Crippen LogP) is 3.51. The molecular formula is C23H23N3O2. The summed E-state index contributed by atoms with van der Waals surface area (Å²) >= 11 is 0. The fraction of sp³-hybridized carbons (Fsp3) is 0.0870. The van der Waals surface area contributed by atoms with Crippen molar-refractivity contribution in [2.24, 2.45) is 5.73 Å². The molecule has 28 heavy (non-hydrogen) atoms. The van der Waals surface area contributed by atoms with Crippen LogP contribution in [0.25, 0.3) is 6.08 Å². The normalized spacial score (nSPS) is 10.0. The number of carbonyl (C=O) groups is 2. The Labute approximate surface area is 164 Å². The Kier molecular flexibility index (Phi) is 8.15. The highest BCUT2D eigenvalue weighted by Crippen LogP contribution is 2.07. The Hall–Kier alpha value is -3.73. The number of pyridine rings is 1. The highest BCUT2D eigenvalue weighted by molar-refractivity contribution is 5.94. The first-order valence-electron chi connectivity index (χ1n) is 8.81. The maximum Gasteiger partial charge on any atom is 0.251 e. The maximum absolute atomic E-state index is 11.8. The SMILES string of the molecule is Cc1ccccc1CNC(=O)c1ccccc1.NC(=O)/C=C/c1ccncc1. The van der Waals surface area contributed by atoms with E-state index in [0.717, 1.165) is 11.1 Å². The molecule has 3 rings (SSSR count). The lowest BCUT2D eigenvalue weighted by molar-refractivity contribution is -0.113. The molecule has 1 aromatic heterocycles. The first-order valence-corrected chi connectivity index (χ1v) is 8.81. The Morgan fingerprint density at radius 2 is 1.61 bits per heavy atom. The van der Waals surface area contributed by atoms with Gasteiger partial charge in [-0.15, -0.1) is 0 Å². The molecule has 5 heteroatoms. The predicted molar refractivity (Wildman–Crippen MR) is 111 cm³/mol. The number of carbonyl (C=O) groups excluding carboxylic acids is 2. The van der Waals surface area contributed by atoms with Crippen molar-refractivity contribution in [3.05, 3.63) is 107 Å². The average Bonchev–Trinajstić information content (AvgIpc) is 2.73. The van der Waals surface area contributed by atoms with Gasteiger partial charge in [0.1, 0.15) is 0 Å². The number of nitrogens with zero attached hydrogens (tertiary/aromatic N) is 1. The molecule has 0 aliphatic rings. The lowest BCUT2D eigenvalue weighted by Gasteiger charge is -2.07. The molecule has 0 saturated heterocycles. The van der Waals surface area contributed by atoms with Crippen LogP contribution in [0.2, 0.25) is 0 Å². The Morgan fingerprint density at radius 3 is 2.25 bits per heavy atom. The van der Waals surface area contributed by atoms with Crippen molar-refractivity contribution in [1.82, 2.24) is 10.3 Å². The molecule has 3 aromatic rings. The van der Waals surface area contributed by atoms with Gasteiger partial charge in [0.15, 0.2) is 0 Å². The summed E-state index contributed by atoms with van der Waals surface area (Å²) in [4.78, 5) is 25.9. The van der Waals surface area contributed by atoms with Gasteiger partial charge in [0.05, 0.1) is 0 Å². The molecule has 2 aromatic carbocycles. The van der Waals surface area contributed by atoms with E-state index in [1.807, 2.05) is 61.5 Å². The van der Waals surface area contributed by atoms with Gasteiger partial charge in [-0.2, -0.15) is 0 Å². The molecule has 0 spiro atoms. The summed E-state index contributed by atoms with van der Waals surface area (Å²) in [6.45, 7) is 2.62. The topological polar surface area (TPSA) is 85.1 Å². The lowest BCUT2D eigenvalue weighted by Crippen LogP contribution is -2.23. The molecule has 0 bridgehead atoms. The van der Waals surface area contributed by atoms with E-state index < -0.39 is 5.91 Å². The molecule has 0 radical (unpaired) electrons. The molecule has 0 unspecified atom stereocenters. The highest BCUT2D eigenvalue weighted by Gasteiger charge is 2.04. The van der Waals surface area contributed by atoms with Crippen LogP contribution in [-0.4, -0.2) is 16.8 Å². The van der Waals surface area contributed by atoms with E-state index in [9.17, 15) is 9.59 Å². The summed E-state index contributed by atoms with van der Waals surface area (Å²) in [7, 11) is 0. The number of benzene rings is 2. The van der Waals surface area contributed by atoms with Crippen LogP contribution in [-0.2, 0) is 11.3 Å². The van der Waals surface area contributed by atoms with Crippen LogP contribution in [0.4, 0.5) is 0 Å². The molecule has 2 amide bonds. The van der Waals surface area contributed by atoms with Crippen LogP contribution in [0, 0.1) is 6.92 Å². The van der Waals surface area contributed by atoms with Gasteiger partial charge in [-0.3, -0.25) is 14.6 Å². The maximum atomic E-state index is 11.8. The average molecular weight is 373 g/mol. The fourth-order valence-corrected chi connectivity index (χ4v) is 2.33. The number of hydrogen-bond acceptors (Lipinski definition) is 3. The van der Waals surface area contributed by atoms with Gasteiger partial charge in [0.2, 0.25) is 5.91 Å². The summed E-state index contributed by atoms with van der Waals surface area (Å²) in [6.07, 6.45) is 6.26. The highest BCUT2D eigenvalue weighted by atomic mass is 16.1. The molecule has 0 saturated carbocycles. The van der Waals surface area contributed by atoms with Crippen molar-refractivity contribution in [2.45, 2.75) is 13.5 Å². The molecule has 0 aliphatic heterocycles. The van der Waals surface area contributed by atoms with Gasteiger partial charge < -0.3 is 11.1 Å². The number of aromatic nitrogens is 1. The summed E-state index contributed by atoms with van der Waals surface area (Å²) in [5.74, 6) is -0.476. The van der Waals surface area contributed by atoms with Crippen molar-refractivity contribution < 1.29 is 9.59 Å². The van der Waals surface area contributed by atoms with E-state index in [1.54, 1.807) is 30.6 Å². The summed E-state index contributed by atoms with van der Waals surface area (Å²) in [5, 5.41) is 2.92. The Bertz CT molecular complexity index is 923. The van der Waals surface area contributed by atoms with Crippen molar-refractivity contribution >= 4 is 17.9 Å². The molecular weight excluding hydrogens is 350 g/mol. The molecule has 0 fully saturated rings. The lowest BCUT2D eigenvalue weighted by atomic mass is 10.1. The van der Waals surface area contributed by atoms with Gasteiger partial charge in [-0.05, 0) is 54.0 Å². The largest absolute Gasteiger partial charge is 0.366 e.